The van der Waals surface area contributed by atoms with Gasteiger partial charge in [0.15, 0.2) is 0 Å². The first-order valence-electron chi connectivity index (χ1n) is 5.78. The number of likely N-dealkylation sites (tertiary alicyclic amines) is 1. The van der Waals surface area contributed by atoms with Crippen molar-refractivity contribution < 1.29 is 19.4 Å². The molecule has 2 heterocycles. The van der Waals surface area contributed by atoms with Crippen LogP contribution < -0.4 is 0 Å². The Bertz CT molecular complexity index is 401. The Kier molecular flexibility index (Phi) is 3.49. The van der Waals surface area contributed by atoms with Gasteiger partial charge in [-0.05, 0) is 31.0 Å². The van der Waals surface area contributed by atoms with Gasteiger partial charge in [0.1, 0.15) is 5.76 Å². The molecule has 2 unspecified atom stereocenters. The van der Waals surface area contributed by atoms with Gasteiger partial charge in [-0.2, -0.15) is 0 Å². The van der Waals surface area contributed by atoms with Gasteiger partial charge in [0.25, 0.3) is 0 Å². The van der Waals surface area contributed by atoms with Crippen LogP contribution in [-0.2, 0) is 6.54 Å². The molecule has 17 heavy (non-hydrogen) atoms. The van der Waals surface area contributed by atoms with E-state index in [-0.39, 0.29) is 11.9 Å². The standard InChI is InChI=1S/C12H17NO4/c1-8-4-5-13(7-10(8)14)6-9-2-3-11(17-9)12(15)16/h2-3,8,10,14H,4-7H2,1H3,(H,15,16). The van der Waals surface area contributed by atoms with Crippen molar-refractivity contribution >= 4 is 5.97 Å². The van der Waals surface area contributed by atoms with E-state index in [1.54, 1.807) is 6.07 Å². The van der Waals surface area contributed by atoms with Crippen LogP contribution in [0.5, 0.6) is 0 Å². The molecule has 0 bridgehead atoms. The quantitative estimate of drug-likeness (QED) is 0.828. The highest BCUT2D eigenvalue weighted by molar-refractivity contribution is 5.84. The van der Waals surface area contributed by atoms with E-state index < -0.39 is 5.97 Å². The Hall–Kier alpha value is -1.33. The highest BCUT2D eigenvalue weighted by Gasteiger charge is 2.24. The molecule has 5 heteroatoms. The zero-order valence-electron chi connectivity index (χ0n) is 9.80. The van der Waals surface area contributed by atoms with Crippen LogP contribution in [0.4, 0.5) is 0 Å². The average molecular weight is 239 g/mol. The third-order valence-electron chi connectivity index (χ3n) is 3.25. The minimum absolute atomic E-state index is 0.0362. The highest BCUT2D eigenvalue weighted by Crippen LogP contribution is 2.19. The smallest absolute Gasteiger partial charge is 0.371 e. The van der Waals surface area contributed by atoms with Crippen molar-refractivity contribution in [2.75, 3.05) is 13.1 Å². The van der Waals surface area contributed by atoms with Gasteiger partial charge in [0.2, 0.25) is 5.76 Å². The molecule has 2 rings (SSSR count). The van der Waals surface area contributed by atoms with Gasteiger partial charge in [0, 0.05) is 6.54 Å². The zero-order chi connectivity index (χ0) is 12.4. The number of piperidine rings is 1. The van der Waals surface area contributed by atoms with E-state index in [1.165, 1.54) is 6.07 Å². The van der Waals surface area contributed by atoms with Gasteiger partial charge in [0.05, 0.1) is 12.6 Å². The molecule has 1 fully saturated rings. The molecule has 0 aromatic carbocycles. The summed E-state index contributed by atoms with van der Waals surface area (Å²) in [4.78, 5) is 12.7. The van der Waals surface area contributed by atoms with Crippen LogP contribution in [0, 0.1) is 5.92 Å². The van der Waals surface area contributed by atoms with Crippen molar-refractivity contribution in [3.8, 4) is 0 Å². The summed E-state index contributed by atoms with van der Waals surface area (Å²) >= 11 is 0. The molecule has 1 saturated heterocycles. The van der Waals surface area contributed by atoms with E-state index in [4.69, 9.17) is 9.52 Å². The highest BCUT2D eigenvalue weighted by atomic mass is 16.4. The number of rotatable bonds is 3. The molecule has 0 spiro atoms. The van der Waals surface area contributed by atoms with Crippen molar-refractivity contribution in [1.82, 2.24) is 4.90 Å². The molecule has 1 aromatic rings. The number of aromatic carboxylic acids is 1. The first kappa shape index (κ1) is 12.1. The maximum Gasteiger partial charge on any atom is 0.371 e. The van der Waals surface area contributed by atoms with E-state index in [2.05, 4.69) is 4.90 Å². The molecule has 0 saturated carbocycles. The maximum atomic E-state index is 10.7. The second-order valence-corrected chi connectivity index (χ2v) is 4.64. The second-order valence-electron chi connectivity index (χ2n) is 4.64. The summed E-state index contributed by atoms with van der Waals surface area (Å²) in [7, 11) is 0. The topological polar surface area (TPSA) is 73.9 Å². The SMILES string of the molecule is CC1CCN(Cc2ccc(C(=O)O)o2)CC1O. The van der Waals surface area contributed by atoms with Crippen molar-refractivity contribution in [3.63, 3.8) is 0 Å². The van der Waals surface area contributed by atoms with Gasteiger partial charge in [-0.3, -0.25) is 4.90 Å². The fraction of sp³-hybridized carbons (Fsp3) is 0.583. The van der Waals surface area contributed by atoms with Gasteiger partial charge < -0.3 is 14.6 Å². The van der Waals surface area contributed by atoms with Gasteiger partial charge >= 0.3 is 5.97 Å². The Balaban J connectivity index is 1.94. The third-order valence-corrected chi connectivity index (χ3v) is 3.25. The molecular formula is C12H17NO4. The lowest BCUT2D eigenvalue weighted by atomic mass is 9.96. The maximum absolute atomic E-state index is 10.7. The van der Waals surface area contributed by atoms with Crippen LogP contribution in [0.1, 0.15) is 29.7 Å². The van der Waals surface area contributed by atoms with Crippen molar-refractivity contribution in [1.29, 1.82) is 0 Å². The summed E-state index contributed by atoms with van der Waals surface area (Å²) in [5.41, 5.74) is 0. The molecule has 1 aliphatic heterocycles. The molecule has 1 aromatic heterocycles. The minimum atomic E-state index is -1.05. The van der Waals surface area contributed by atoms with Crippen LogP contribution in [-0.4, -0.2) is 40.3 Å². The van der Waals surface area contributed by atoms with Gasteiger partial charge in [-0.1, -0.05) is 6.92 Å². The number of β-amino-alcohol motifs (C(OH)–C–C–N with tert-alkyl or cyclic N) is 1. The molecule has 94 valence electrons. The number of nitrogens with zero attached hydrogens (tertiary/aromatic N) is 1. The van der Waals surface area contributed by atoms with Gasteiger partial charge in [-0.15, -0.1) is 0 Å². The number of carboxylic acid groups (broad SMARTS) is 1. The molecule has 0 radical (unpaired) electrons. The molecule has 2 atom stereocenters. The lowest BCUT2D eigenvalue weighted by Gasteiger charge is -2.33. The van der Waals surface area contributed by atoms with Crippen LogP contribution in [0.25, 0.3) is 0 Å². The van der Waals surface area contributed by atoms with Crippen molar-refractivity contribution in [2.45, 2.75) is 26.0 Å². The third kappa shape index (κ3) is 2.87. The molecule has 1 aliphatic rings. The number of aliphatic hydroxyl groups is 1. The summed E-state index contributed by atoms with van der Waals surface area (Å²) < 4.78 is 5.19. The fourth-order valence-corrected chi connectivity index (χ4v) is 2.06. The van der Waals surface area contributed by atoms with Crippen LogP contribution in [0.3, 0.4) is 0 Å². The van der Waals surface area contributed by atoms with E-state index in [0.717, 1.165) is 13.0 Å². The lowest BCUT2D eigenvalue weighted by molar-refractivity contribution is 0.0230. The number of hydrogen-bond donors (Lipinski definition) is 2. The predicted molar refractivity (Wildman–Crippen MR) is 60.7 cm³/mol. The lowest BCUT2D eigenvalue weighted by Crippen LogP contribution is -2.42. The summed E-state index contributed by atoms with van der Waals surface area (Å²) in [6, 6.07) is 3.13. The number of furan rings is 1. The summed E-state index contributed by atoms with van der Waals surface area (Å²) in [6.07, 6.45) is 0.644. The van der Waals surface area contributed by atoms with Crippen molar-refractivity contribution in [2.24, 2.45) is 5.92 Å². The molecule has 5 nitrogen and oxygen atoms in total. The normalized spacial score (nSPS) is 26.0. The Morgan fingerprint density at radius 2 is 2.35 bits per heavy atom. The number of aliphatic hydroxyl groups excluding tert-OH is 1. The van der Waals surface area contributed by atoms with E-state index in [9.17, 15) is 9.90 Å². The average Bonchev–Trinajstić information content (AvgIpc) is 2.72. The summed E-state index contributed by atoms with van der Waals surface area (Å²) in [5.74, 6) is -0.129. The van der Waals surface area contributed by atoms with Crippen LogP contribution in [0.15, 0.2) is 16.5 Å². The molecule has 2 N–H and O–H groups in total. The Morgan fingerprint density at radius 1 is 1.59 bits per heavy atom. The Labute approximate surface area is 99.6 Å². The minimum Gasteiger partial charge on any atom is -0.475 e. The zero-order valence-corrected chi connectivity index (χ0v) is 9.80. The van der Waals surface area contributed by atoms with Gasteiger partial charge in [-0.25, -0.2) is 4.79 Å². The van der Waals surface area contributed by atoms with E-state index in [1.807, 2.05) is 6.92 Å². The fourth-order valence-electron chi connectivity index (χ4n) is 2.06. The second kappa shape index (κ2) is 4.89. The van der Waals surface area contributed by atoms with E-state index >= 15 is 0 Å². The number of hydrogen-bond acceptors (Lipinski definition) is 4. The van der Waals surface area contributed by atoms with Crippen LogP contribution >= 0.6 is 0 Å². The molecular weight excluding hydrogens is 222 g/mol. The van der Waals surface area contributed by atoms with Crippen LogP contribution in [0.2, 0.25) is 0 Å². The van der Waals surface area contributed by atoms with E-state index in [0.29, 0.717) is 24.8 Å². The largest absolute Gasteiger partial charge is 0.475 e. The summed E-state index contributed by atoms with van der Waals surface area (Å²) in [5, 5.41) is 18.5. The molecule has 0 aliphatic carbocycles. The number of carbonyl (C=O) groups is 1. The Morgan fingerprint density at radius 3 is 2.94 bits per heavy atom. The first-order chi connectivity index (χ1) is 8.06. The predicted octanol–water partition coefficient (Wildman–Crippen LogP) is 1.18. The first-order valence-corrected chi connectivity index (χ1v) is 5.78. The summed E-state index contributed by atoms with van der Waals surface area (Å²) in [6.45, 7) is 4.11. The monoisotopic (exact) mass is 239 g/mol. The van der Waals surface area contributed by atoms with Crippen molar-refractivity contribution in [3.05, 3.63) is 23.7 Å². The molecule has 0 amide bonds. The number of carboxylic acids is 1.